The van der Waals surface area contributed by atoms with Gasteiger partial charge in [0.25, 0.3) is 5.91 Å². The molecule has 2 fully saturated rings. The zero-order chi connectivity index (χ0) is 15.7. The number of aryl methyl sites for hydroxylation is 1. The van der Waals surface area contributed by atoms with E-state index in [-0.39, 0.29) is 11.9 Å². The SMILES string of the molecule is Cc1cc(C(=O)N2CCNC[C@H]2C)c(C)n1C1CCCCC1. The topological polar surface area (TPSA) is 37.3 Å². The Morgan fingerprint density at radius 1 is 1.23 bits per heavy atom. The number of carbonyl (C=O) groups excluding carboxylic acids is 1. The van der Waals surface area contributed by atoms with Crippen LogP contribution in [0.4, 0.5) is 0 Å². The highest BCUT2D eigenvalue weighted by Gasteiger charge is 2.28. The minimum atomic E-state index is 0.212. The van der Waals surface area contributed by atoms with Crippen LogP contribution in [0.25, 0.3) is 0 Å². The van der Waals surface area contributed by atoms with E-state index in [1.807, 2.05) is 4.90 Å². The van der Waals surface area contributed by atoms with E-state index in [4.69, 9.17) is 0 Å². The van der Waals surface area contributed by atoms with Crippen molar-refractivity contribution in [3.63, 3.8) is 0 Å². The highest BCUT2D eigenvalue weighted by Crippen LogP contribution is 2.32. The molecule has 0 bridgehead atoms. The molecule has 1 saturated heterocycles. The Kier molecular flexibility index (Phi) is 4.57. The van der Waals surface area contributed by atoms with Gasteiger partial charge in [-0.15, -0.1) is 0 Å². The van der Waals surface area contributed by atoms with E-state index in [9.17, 15) is 4.79 Å². The summed E-state index contributed by atoms with van der Waals surface area (Å²) in [6.45, 7) is 9.02. The maximum absolute atomic E-state index is 13.0. The first-order valence-electron chi connectivity index (χ1n) is 8.79. The molecule has 2 aliphatic rings. The molecule has 1 aliphatic carbocycles. The van der Waals surface area contributed by atoms with Crippen LogP contribution < -0.4 is 5.32 Å². The third-order valence-electron chi connectivity index (χ3n) is 5.42. The normalized spacial score (nSPS) is 23.8. The van der Waals surface area contributed by atoms with Crippen molar-refractivity contribution < 1.29 is 4.79 Å². The van der Waals surface area contributed by atoms with Crippen LogP contribution in [-0.4, -0.2) is 41.1 Å². The molecule has 1 aromatic heterocycles. The largest absolute Gasteiger partial charge is 0.345 e. The summed E-state index contributed by atoms with van der Waals surface area (Å²) in [6.07, 6.45) is 6.52. The van der Waals surface area contributed by atoms with Crippen molar-refractivity contribution in [1.82, 2.24) is 14.8 Å². The standard InChI is InChI=1S/C18H29N3O/c1-13-11-17(18(22)20-10-9-19-12-14(20)2)15(3)21(13)16-7-5-4-6-8-16/h11,14,16,19H,4-10,12H2,1-3H3/t14-/m1/s1. The summed E-state index contributed by atoms with van der Waals surface area (Å²) in [6, 6.07) is 2.98. The number of hydrogen-bond acceptors (Lipinski definition) is 2. The highest BCUT2D eigenvalue weighted by atomic mass is 16.2. The molecule has 0 unspecified atom stereocenters. The third kappa shape index (κ3) is 2.81. The average molecular weight is 303 g/mol. The van der Waals surface area contributed by atoms with Gasteiger partial charge in [-0.25, -0.2) is 0 Å². The van der Waals surface area contributed by atoms with Gasteiger partial charge >= 0.3 is 0 Å². The summed E-state index contributed by atoms with van der Waals surface area (Å²) in [4.78, 5) is 15.0. The highest BCUT2D eigenvalue weighted by molar-refractivity contribution is 5.96. The summed E-state index contributed by atoms with van der Waals surface area (Å²) in [5.74, 6) is 0.212. The summed E-state index contributed by atoms with van der Waals surface area (Å²) in [5, 5.41) is 3.35. The molecule has 1 saturated carbocycles. The lowest BCUT2D eigenvalue weighted by molar-refractivity contribution is 0.0654. The molecule has 4 heteroatoms. The summed E-state index contributed by atoms with van der Waals surface area (Å²) in [7, 11) is 0. The molecule has 2 heterocycles. The predicted octanol–water partition coefficient (Wildman–Crippen LogP) is 3.04. The van der Waals surface area contributed by atoms with Crippen LogP contribution in [0.5, 0.6) is 0 Å². The molecule has 0 spiro atoms. The molecular weight excluding hydrogens is 274 g/mol. The zero-order valence-corrected chi connectivity index (χ0v) is 14.2. The van der Waals surface area contributed by atoms with E-state index in [0.29, 0.717) is 6.04 Å². The van der Waals surface area contributed by atoms with E-state index < -0.39 is 0 Å². The fourth-order valence-corrected chi connectivity index (χ4v) is 4.19. The molecular formula is C18H29N3O. The monoisotopic (exact) mass is 303 g/mol. The number of rotatable bonds is 2. The first-order valence-corrected chi connectivity index (χ1v) is 8.79. The summed E-state index contributed by atoms with van der Waals surface area (Å²) >= 11 is 0. The van der Waals surface area contributed by atoms with E-state index in [1.54, 1.807) is 0 Å². The zero-order valence-electron chi connectivity index (χ0n) is 14.2. The second-order valence-electron chi connectivity index (χ2n) is 7.00. The fraction of sp³-hybridized carbons (Fsp3) is 0.722. The Labute approximate surface area is 133 Å². The van der Waals surface area contributed by atoms with Crippen molar-refractivity contribution in [2.75, 3.05) is 19.6 Å². The number of nitrogens with zero attached hydrogens (tertiary/aromatic N) is 2. The number of aromatic nitrogens is 1. The number of nitrogens with one attached hydrogen (secondary N) is 1. The third-order valence-corrected chi connectivity index (χ3v) is 5.42. The fourth-order valence-electron chi connectivity index (χ4n) is 4.19. The Morgan fingerprint density at radius 2 is 1.95 bits per heavy atom. The van der Waals surface area contributed by atoms with Crippen molar-refractivity contribution >= 4 is 5.91 Å². The lowest BCUT2D eigenvalue weighted by Gasteiger charge is -2.34. The Balaban J connectivity index is 1.86. The predicted molar refractivity (Wildman–Crippen MR) is 89.4 cm³/mol. The molecule has 1 atom stereocenters. The minimum Gasteiger partial charge on any atom is -0.345 e. The Bertz CT molecular complexity index is 543. The van der Waals surface area contributed by atoms with Gasteiger partial charge in [0, 0.05) is 43.1 Å². The van der Waals surface area contributed by atoms with Crippen LogP contribution in [-0.2, 0) is 0 Å². The van der Waals surface area contributed by atoms with Crippen LogP contribution >= 0.6 is 0 Å². The van der Waals surface area contributed by atoms with E-state index in [2.05, 4.69) is 36.7 Å². The number of piperazine rings is 1. The molecule has 122 valence electrons. The average Bonchev–Trinajstić information content (AvgIpc) is 2.83. The molecule has 4 nitrogen and oxygen atoms in total. The summed E-state index contributed by atoms with van der Waals surface area (Å²) < 4.78 is 2.43. The maximum atomic E-state index is 13.0. The quantitative estimate of drug-likeness (QED) is 0.912. The lowest BCUT2D eigenvalue weighted by Crippen LogP contribution is -2.52. The molecule has 0 radical (unpaired) electrons. The second kappa shape index (κ2) is 6.45. The van der Waals surface area contributed by atoms with Gasteiger partial charge in [-0.3, -0.25) is 4.79 Å². The van der Waals surface area contributed by atoms with Gasteiger partial charge in [-0.05, 0) is 39.7 Å². The first kappa shape index (κ1) is 15.6. The van der Waals surface area contributed by atoms with Crippen molar-refractivity contribution in [2.45, 2.75) is 65.0 Å². The van der Waals surface area contributed by atoms with Crippen molar-refractivity contribution in [2.24, 2.45) is 0 Å². The van der Waals surface area contributed by atoms with Gasteiger partial charge in [0.15, 0.2) is 0 Å². The first-order chi connectivity index (χ1) is 10.6. The lowest BCUT2D eigenvalue weighted by atomic mass is 9.95. The van der Waals surface area contributed by atoms with Gasteiger partial charge in [0.05, 0.1) is 5.56 Å². The number of carbonyl (C=O) groups is 1. The molecule has 0 aromatic carbocycles. The Morgan fingerprint density at radius 3 is 2.64 bits per heavy atom. The van der Waals surface area contributed by atoms with Crippen LogP contribution in [0, 0.1) is 13.8 Å². The van der Waals surface area contributed by atoms with Gasteiger partial charge in [-0.1, -0.05) is 19.3 Å². The Hall–Kier alpha value is -1.29. The van der Waals surface area contributed by atoms with E-state index in [1.165, 1.54) is 43.5 Å². The van der Waals surface area contributed by atoms with Crippen LogP contribution in [0.15, 0.2) is 6.07 Å². The molecule has 1 amide bonds. The van der Waals surface area contributed by atoms with Crippen LogP contribution in [0.3, 0.4) is 0 Å². The minimum absolute atomic E-state index is 0.212. The van der Waals surface area contributed by atoms with Gasteiger partial charge in [0.2, 0.25) is 0 Å². The van der Waals surface area contributed by atoms with Crippen molar-refractivity contribution in [1.29, 1.82) is 0 Å². The molecule has 1 aromatic rings. The smallest absolute Gasteiger partial charge is 0.256 e. The number of hydrogen-bond donors (Lipinski definition) is 1. The van der Waals surface area contributed by atoms with Crippen LogP contribution in [0.1, 0.15) is 66.8 Å². The van der Waals surface area contributed by atoms with E-state index >= 15 is 0 Å². The molecule has 1 aliphatic heterocycles. The van der Waals surface area contributed by atoms with Crippen molar-refractivity contribution in [3.05, 3.63) is 23.0 Å². The van der Waals surface area contributed by atoms with E-state index in [0.717, 1.165) is 25.2 Å². The molecule has 22 heavy (non-hydrogen) atoms. The molecule has 1 N–H and O–H groups in total. The van der Waals surface area contributed by atoms with Gasteiger partial charge < -0.3 is 14.8 Å². The molecule has 3 rings (SSSR count). The second-order valence-corrected chi connectivity index (χ2v) is 7.00. The van der Waals surface area contributed by atoms with Crippen LogP contribution in [0.2, 0.25) is 0 Å². The maximum Gasteiger partial charge on any atom is 0.256 e. The number of amides is 1. The summed E-state index contributed by atoms with van der Waals surface area (Å²) in [5.41, 5.74) is 3.33. The van der Waals surface area contributed by atoms with Crippen molar-refractivity contribution in [3.8, 4) is 0 Å². The van der Waals surface area contributed by atoms with Gasteiger partial charge in [0.1, 0.15) is 0 Å². The van der Waals surface area contributed by atoms with Gasteiger partial charge in [-0.2, -0.15) is 0 Å².